The van der Waals surface area contributed by atoms with Gasteiger partial charge in [-0.15, -0.1) is 0 Å². The minimum absolute atomic E-state index is 0.288. The topological polar surface area (TPSA) is 32.8 Å². The zero-order valence-electron chi connectivity index (χ0n) is 10.6. The molecule has 98 valence electrons. The highest BCUT2D eigenvalue weighted by atomic mass is 19.1. The molecule has 2 saturated heterocycles. The molecule has 0 aromatic rings. The summed E-state index contributed by atoms with van der Waals surface area (Å²) in [6.07, 6.45) is 1.42. The third-order valence-corrected chi connectivity index (χ3v) is 3.92. The van der Waals surface area contributed by atoms with Crippen LogP contribution in [0.5, 0.6) is 0 Å². The van der Waals surface area contributed by atoms with Crippen molar-refractivity contribution in [3.8, 4) is 0 Å². The second-order valence-corrected chi connectivity index (χ2v) is 5.10. The van der Waals surface area contributed by atoms with Gasteiger partial charge in [0, 0.05) is 19.0 Å². The van der Waals surface area contributed by atoms with Gasteiger partial charge in [-0.2, -0.15) is 0 Å². The molecule has 2 rings (SSSR count). The van der Waals surface area contributed by atoms with E-state index in [9.17, 15) is 9.18 Å². The zero-order chi connectivity index (χ0) is 12.4. The van der Waals surface area contributed by atoms with Gasteiger partial charge in [-0.25, -0.2) is 4.39 Å². The Bertz CT molecular complexity index is 280. The number of hydrogen-bond donors (Lipinski definition) is 0. The first kappa shape index (κ1) is 12.8. The molecule has 0 radical (unpaired) electrons. The van der Waals surface area contributed by atoms with E-state index in [1.54, 1.807) is 0 Å². The minimum Gasteiger partial charge on any atom is -0.468 e. The standard InChI is InChI=1S/C12H21FN2O2/c1-14-5-3-10(4-6-14)15-8-9(13)7-11(15)12(16)17-2/h9-11H,3-8H2,1-2H3/t9?,11-/m1/s1. The molecule has 0 aromatic heterocycles. The van der Waals surface area contributed by atoms with E-state index in [1.165, 1.54) is 7.11 Å². The molecule has 2 aliphatic heterocycles. The summed E-state index contributed by atoms with van der Waals surface area (Å²) in [5, 5.41) is 0. The van der Waals surface area contributed by atoms with Crippen molar-refractivity contribution in [3.05, 3.63) is 0 Å². The van der Waals surface area contributed by atoms with E-state index in [0.29, 0.717) is 19.0 Å². The maximum atomic E-state index is 13.5. The fourth-order valence-corrected chi connectivity index (χ4v) is 2.91. The molecule has 17 heavy (non-hydrogen) atoms. The Morgan fingerprint density at radius 1 is 1.35 bits per heavy atom. The molecule has 2 aliphatic rings. The van der Waals surface area contributed by atoms with E-state index in [-0.39, 0.29) is 12.0 Å². The molecular formula is C12H21FN2O2. The Balaban J connectivity index is 2.00. The molecule has 0 N–H and O–H groups in total. The van der Waals surface area contributed by atoms with E-state index >= 15 is 0 Å². The lowest BCUT2D eigenvalue weighted by Crippen LogP contribution is -2.48. The van der Waals surface area contributed by atoms with Gasteiger partial charge in [0.1, 0.15) is 12.2 Å². The predicted octanol–water partition coefficient (Wildman–Crippen LogP) is 0.666. The summed E-state index contributed by atoms with van der Waals surface area (Å²) in [5.41, 5.74) is 0. The van der Waals surface area contributed by atoms with Crippen molar-refractivity contribution in [2.75, 3.05) is 33.8 Å². The molecule has 2 fully saturated rings. The van der Waals surface area contributed by atoms with Crippen LogP contribution in [0.2, 0.25) is 0 Å². The quantitative estimate of drug-likeness (QED) is 0.668. The van der Waals surface area contributed by atoms with Crippen molar-refractivity contribution < 1.29 is 13.9 Å². The lowest BCUT2D eigenvalue weighted by Gasteiger charge is -2.37. The highest BCUT2D eigenvalue weighted by Gasteiger charge is 2.41. The maximum Gasteiger partial charge on any atom is 0.323 e. The molecule has 4 nitrogen and oxygen atoms in total. The summed E-state index contributed by atoms with van der Waals surface area (Å²) in [5.74, 6) is -0.288. The van der Waals surface area contributed by atoms with Crippen LogP contribution in [0.3, 0.4) is 0 Å². The van der Waals surface area contributed by atoms with E-state index in [2.05, 4.69) is 11.9 Å². The molecule has 1 unspecified atom stereocenters. The van der Waals surface area contributed by atoms with Crippen LogP contribution < -0.4 is 0 Å². The number of carbonyl (C=O) groups is 1. The average molecular weight is 244 g/mol. The maximum absolute atomic E-state index is 13.5. The van der Waals surface area contributed by atoms with Gasteiger partial charge in [0.05, 0.1) is 7.11 Å². The second kappa shape index (κ2) is 5.31. The SMILES string of the molecule is COC(=O)[C@H]1CC(F)CN1C1CCN(C)CC1. The molecular weight excluding hydrogens is 223 g/mol. The number of ether oxygens (including phenoxy) is 1. The number of alkyl halides is 1. The summed E-state index contributed by atoms with van der Waals surface area (Å²) < 4.78 is 18.3. The Morgan fingerprint density at radius 2 is 2.00 bits per heavy atom. The van der Waals surface area contributed by atoms with E-state index in [1.807, 2.05) is 4.90 Å². The van der Waals surface area contributed by atoms with Gasteiger partial charge < -0.3 is 9.64 Å². The minimum atomic E-state index is -0.890. The number of rotatable bonds is 2. The van der Waals surface area contributed by atoms with Crippen LogP contribution in [0.15, 0.2) is 0 Å². The second-order valence-electron chi connectivity index (χ2n) is 5.10. The normalized spacial score (nSPS) is 32.9. The van der Waals surface area contributed by atoms with Crippen LogP contribution in [-0.4, -0.2) is 67.8 Å². The van der Waals surface area contributed by atoms with Crippen molar-refractivity contribution in [2.45, 2.75) is 37.5 Å². The van der Waals surface area contributed by atoms with Crippen molar-refractivity contribution in [1.29, 1.82) is 0 Å². The third-order valence-electron chi connectivity index (χ3n) is 3.92. The summed E-state index contributed by atoms with van der Waals surface area (Å²) in [6, 6.07) is -0.0422. The van der Waals surface area contributed by atoms with Crippen LogP contribution in [0.4, 0.5) is 4.39 Å². The van der Waals surface area contributed by atoms with E-state index < -0.39 is 6.17 Å². The summed E-state index contributed by atoms with van der Waals surface area (Å²) in [7, 11) is 3.47. The fourth-order valence-electron chi connectivity index (χ4n) is 2.91. The number of halogens is 1. The monoisotopic (exact) mass is 244 g/mol. The van der Waals surface area contributed by atoms with E-state index in [0.717, 1.165) is 25.9 Å². The molecule has 2 heterocycles. The fraction of sp³-hybridized carbons (Fsp3) is 0.917. The van der Waals surface area contributed by atoms with Crippen LogP contribution in [-0.2, 0) is 9.53 Å². The summed E-state index contributed by atoms with van der Waals surface area (Å²) in [4.78, 5) is 15.9. The summed E-state index contributed by atoms with van der Waals surface area (Å²) >= 11 is 0. The highest BCUT2D eigenvalue weighted by Crippen LogP contribution is 2.28. The highest BCUT2D eigenvalue weighted by molar-refractivity contribution is 5.76. The Hall–Kier alpha value is -0.680. The van der Waals surface area contributed by atoms with Crippen LogP contribution >= 0.6 is 0 Å². The van der Waals surface area contributed by atoms with Crippen LogP contribution in [0.25, 0.3) is 0 Å². The van der Waals surface area contributed by atoms with Crippen LogP contribution in [0, 0.1) is 0 Å². The smallest absolute Gasteiger partial charge is 0.323 e. The molecule has 0 aliphatic carbocycles. The van der Waals surface area contributed by atoms with Crippen LogP contribution in [0.1, 0.15) is 19.3 Å². The van der Waals surface area contributed by atoms with Crippen molar-refractivity contribution >= 4 is 5.97 Å². The third kappa shape index (κ3) is 2.77. The molecule has 2 atom stereocenters. The van der Waals surface area contributed by atoms with Crippen molar-refractivity contribution in [2.24, 2.45) is 0 Å². The van der Waals surface area contributed by atoms with E-state index in [4.69, 9.17) is 4.74 Å². The number of piperidine rings is 1. The summed E-state index contributed by atoms with van der Waals surface area (Å²) in [6.45, 7) is 2.42. The Morgan fingerprint density at radius 3 is 2.59 bits per heavy atom. The molecule has 0 bridgehead atoms. The number of hydrogen-bond acceptors (Lipinski definition) is 4. The van der Waals surface area contributed by atoms with Crippen molar-refractivity contribution in [3.63, 3.8) is 0 Å². The largest absolute Gasteiger partial charge is 0.468 e. The number of carbonyl (C=O) groups excluding carboxylic acids is 1. The Labute approximate surface area is 102 Å². The molecule has 5 heteroatoms. The van der Waals surface area contributed by atoms with Gasteiger partial charge >= 0.3 is 5.97 Å². The van der Waals surface area contributed by atoms with Gasteiger partial charge in [-0.3, -0.25) is 9.69 Å². The van der Waals surface area contributed by atoms with Crippen molar-refractivity contribution in [1.82, 2.24) is 9.80 Å². The molecule has 0 saturated carbocycles. The average Bonchev–Trinajstić information content (AvgIpc) is 2.71. The number of methoxy groups -OCH3 is 1. The zero-order valence-corrected chi connectivity index (χ0v) is 10.6. The van der Waals surface area contributed by atoms with Gasteiger partial charge in [0.15, 0.2) is 0 Å². The van der Waals surface area contributed by atoms with Gasteiger partial charge in [0.25, 0.3) is 0 Å². The first-order chi connectivity index (χ1) is 8.11. The van der Waals surface area contributed by atoms with Gasteiger partial charge in [-0.1, -0.05) is 0 Å². The molecule has 0 spiro atoms. The first-order valence-corrected chi connectivity index (χ1v) is 6.28. The first-order valence-electron chi connectivity index (χ1n) is 6.28. The van der Waals surface area contributed by atoms with Gasteiger partial charge in [0.2, 0.25) is 0 Å². The number of likely N-dealkylation sites (tertiary alicyclic amines) is 2. The molecule has 0 aromatic carbocycles. The lowest BCUT2D eigenvalue weighted by atomic mass is 10.0. The lowest BCUT2D eigenvalue weighted by molar-refractivity contribution is -0.147. The number of esters is 1. The predicted molar refractivity (Wildman–Crippen MR) is 62.5 cm³/mol. The number of nitrogens with zero attached hydrogens (tertiary/aromatic N) is 2. The Kier molecular flexibility index (Phi) is 3.99. The van der Waals surface area contributed by atoms with Gasteiger partial charge in [-0.05, 0) is 33.0 Å². The molecule has 0 amide bonds.